The monoisotopic (exact) mass is 295 g/mol. The maximum atomic E-state index is 11.8. The summed E-state index contributed by atoms with van der Waals surface area (Å²) < 4.78 is 1.39. The number of unbranched alkanes of at least 4 members (excludes halogenated alkanes) is 1. The third kappa shape index (κ3) is 3.08. The molecule has 0 saturated heterocycles. The van der Waals surface area contributed by atoms with Crippen LogP contribution in [0.5, 0.6) is 0 Å². The standard InChI is InChI=1S/C12H17N5O2S/c1-2-3-4-17-10(13)9(11(18)16-12(17)19)15-6-8-5-14-7-20-8/h5,7,15H,2-4,6,13H2,1H3,(H,16,18,19). The topological polar surface area (TPSA) is 106 Å². The van der Waals surface area contributed by atoms with Crippen molar-refractivity contribution in [1.82, 2.24) is 14.5 Å². The number of aromatic amines is 1. The zero-order valence-corrected chi connectivity index (χ0v) is 12.0. The summed E-state index contributed by atoms with van der Waals surface area (Å²) in [6, 6.07) is 0. The number of nitrogens with one attached hydrogen (secondary N) is 2. The molecule has 0 saturated carbocycles. The van der Waals surface area contributed by atoms with Crippen molar-refractivity contribution in [2.24, 2.45) is 0 Å². The molecule has 0 aliphatic carbocycles. The van der Waals surface area contributed by atoms with Crippen LogP contribution in [0.1, 0.15) is 24.6 Å². The third-order valence-corrected chi connectivity index (χ3v) is 3.68. The average Bonchev–Trinajstić information content (AvgIpc) is 2.91. The first kappa shape index (κ1) is 14.3. The van der Waals surface area contributed by atoms with Crippen LogP contribution >= 0.6 is 11.3 Å². The van der Waals surface area contributed by atoms with Crippen LogP contribution in [0.25, 0.3) is 0 Å². The van der Waals surface area contributed by atoms with Crippen molar-refractivity contribution in [3.05, 3.63) is 37.4 Å². The van der Waals surface area contributed by atoms with E-state index in [4.69, 9.17) is 5.73 Å². The molecule has 4 N–H and O–H groups in total. The molecule has 0 bridgehead atoms. The van der Waals surface area contributed by atoms with Crippen LogP contribution in [0.3, 0.4) is 0 Å². The van der Waals surface area contributed by atoms with Crippen LogP contribution in [0, 0.1) is 0 Å². The molecule has 108 valence electrons. The van der Waals surface area contributed by atoms with Gasteiger partial charge in [-0.15, -0.1) is 11.3 Å². The van der Waals surface area contributed by atoms with Crippen LogP contribution in [0.4, 0.5) is 11.5 Å². The van der Waals surface area contributed by atoms with Gasteiger partial charge in [0.1, 0.15) is 11.5 Å². The molecule has 2 aromatic rings. The van der Waals surface area contributed by atoms with Crippen LogP contribution in [0.15, 0.2) is 21.3 Å². The number of aromatic nitrogens is 3. The van der Waals surface area contributed by atoms with E-state index in [0.717, 1.165) is 17.7 Å². The highest BCUT2D eigenvalue weighted by Gasteiger charge is 2.11. The number of nitrogens with zero attached hydrogens (tertiary/aromatic N) is 2. The Morgan fingerprint density at radius 3 is 2.95 bits per heavy atom. The van der Waals surface area contributed by atoms with E-state index in [-0.39, 0.29) is 11.5 Å². The fourth-order valence-electron chi connectivity index (χ4n) is 1.80. The average molecular weight is 295 g/mol. The van der Waals surface area contributed by atoms with Gasteiger partial charge in [-0.3, -0.25) is 19.3 Å². The first-order valence-corrected chi connectivity index (χ1v) is 7.25. The lowest BCUT2D eigenvalue weighted by molar-refractivity contribution is 0.605. The molecule has 8 heteroatoms. The summed E-state index contributed by atoms with van der Waals surface area (Å²) in [5.74, 6) is 0.178. The first-order valence-electron chi connectivity index (χ1n) is 6.37. The van der Waals surface area contributed by atoms with E-state index in [0.29, 0.717) is 13.1 Å². The smallest absolute Gasteiger partial charge is 0.330 e. The number of anilines is 2. The molecule has 20 heavy (non-hydrogen) atoms. The lowest BCUT2D eigenvalue weighted by Gasteiger charge is -2.13. The molecular formula is C12H17N5O2S. The summed E-state index contributed by atoms with van der Waals surface area (Å²) in [7, 11) is 0. The third-order valence-electron chi connectivity index (χ3n) is 2.90. The van der Waals surface area contributed by atoms with Gasteiger partial charge in [0, 0.05) is 17.6 Å². The zero-order chi connectivity index (χ0) is 14.5. The Kier molecular flexibility index (Phi) is 4.57. The molecule has 0 spiro atoms. The van der Waals surface area contributed by atoms with E-state index in [1.54, 1.807) is 11.7 Å². The van der Waals surface area contributed by atoms with Crippen molar-refractivity contribution in [3.8, 4) is 0 Å². The largest absolute Gasteiger partial charge is 0.383 e. The fourth-order valence-corrected chi connectivity index (χ4v) is 2.34. The highest BCUT2D eigenvalue weighted by Crippen LogP contribution is 2.14. The quantitative estimate of drug-likeness (QED) is 0.737. The summed E-state index contributed by atoms with van der Waals surface area (Å²) >= 11 is 1.48. The van der Waals surface area contributed by atoms with Crippen LogP contribution in [-0.4, -0.2) is 14.5 Å². The molecule has 7 nitrogen and oxygen atoms in total. The molecule has 0 fully saturated rings. The van der Waals surface area contributed by atoms with Crippen LogP contribution in [0.2, 0.25) is 0 Å². The minimum atomic E-state index is -0.496. The summed E-state index contributed by atoms with van der Waals surface area (Å²) in [4.78, 5) is 30.8. The van der Waals surface area contributed by atoms with E-state index >= 15 is 0 Å². The minimum absolute atomic E-state index is 0.178. The van der Waals surface area contributed by atoms with Gasteiger partial charge in [-0.1, -0.05) is 13.3 Å². The van der Waals surface area contributed by atoms with Gasteiger partial charge in [0.2, 0.25) is 0 Å². The van der Waals surface area contributed by atoms with Gasteiger partial charge in [0.25, 0.3) is 5.56 Å². The number of thiazole rings is 1. The van der Waals surface area contributed by atoms with Crippen molar-refractivity contribution >= 4 is 22.8 Å². The summed E-state index contributed by atoms with van der Waals surface area (Å²) in [6.45, 7) is 2.97. The van der Waals surface area contributed by atoms with Gasteiger partial charge < -0.3 is 11.1 Å². The maximum absolute atomic E-state index is 11.8. The summed E-state index contributed by atoms with van der Waals surface area (Å²) in [5.41, 5.74) is 6.92. The molecule has 0 atom stereocenters. The first-order chi connectivity index (χ1) is 9.63. The second-order valence-corrected chi connectivity index (χ2v) is 5.32. The van der Waals surface area contributed by atoms with Crippen LogP contribution < -0.4 is 22.3 Å². The van der Waals surface area contributed by atoms with E-state index in [1.807, 2.05) is 6.92 Å². The number of H-pyrrole nitrogens is 1. The predicted octanol–water partition coefficient (Wildman–Crippen LogP) is 0.988. The molecule has 0 amide bonds. The fraction of sp³-hybridized carbons (Fsp3) is 0.417. The number of hydrogen-bond acceptors (Lipinski definition) is 6. The van der Waals surface area contributed by atoms with Crippen molar-refractivity contribution in [1.29, 1.82) is 0 Å². The van der Waals surface area contributed by atoms with Crippen molar-refractivity contribution in [2.45, 2.75) is 32.9 Å². The lowest BCUT2D eigenvalue weighted by Crippen LogP contribution is -2.34. The zero-order valence-electron chi connectivity index (χ0n) is 11.2. The lowest BCUT2D eigenvalue weighted by atomic mass is 10.3. The van der Waals surface area contributed by atoms with Gasteiger partial charge in [-0.2, -0.15) is 0 Å². The molecule has 2 aromatic heterocycles. The molecule has 0 aliphatic rings. The molecule has 2 rings (SSSR count). The van der Waals surface area contributed by atoms with Crippen molar-refractivity contribution < 1.29 is 0 Å². The maximum Gasteiger partial charge on any atom is 0.330 e. The number of rotatable bonds is 6. The van der Waals surface area contributed by atoms with E-state index in [9.17, 15) is 9.59 Å². The molecule has 2 heterocycles. The number of nitrogen functional groups attached to an aromatic ring is 1. The van der Waals surface area contributed by atoms with E-state index in [1.165, 1.54) is 15.9 Å². The van der Waals surface area contributed by atoms with Gasteiger partial charge >= 0.3 is 5.69 Å². The van der Waals surface area contributed by atoms with E-state index < -0.39 is 11.2 Å². The van der Waals surface area contributed by atoms with Crippen molar-refractivity contribution in [3.63, 3.8) is 0 Å². The summed E-state index contributed by atoms with van der Waals surface area (Å²) in [6.07, 6.45) is 3.48. The predicted molar refractivity (Wildman–Crippen MR) is 80.1 cm³/mol. The molecule has 0 radical (unpaired) electrons. The Morgan fingerprint density at radius 2 is 2.30 bits per heavy atom. The Balaban J connectivity index is 2.27. The molecule has 0 aromatic carbocycles. The Hall–Kier alpha value is -2.09. The number of hydrogen-bond donors (Lipinski definition) is 3. The molecule has 0 aliphatic heterocycles. The highest BCUT2D eigenvalue weighted by molar-refractivity contribution is 7.09. The highest BCUT2D eigenvalue weighted by atomic mass is 32.1. The van der Waals surface area contributed by atoms with Gasteiger partial charge in [0.05, 0.1) is 12.1 Å². The molecule has 0 unspecified atom stereocenters. The Labute approximate surface area is 119 Å². The second kappa shape index (κ2) is 6.38. The van der Waals surface area contributed by atoms with Crippen molar-refractivity contribution in [2.75, 3.05) is 11.1 Å². The normalized spacial score (nSPS) is 10.7. The second-order valence-electron chi connectivity index (χ2n) is 4.35. The minimum Gasteiger partial charge on any atom is -0.383 e. The van der Waals surface area contributed by atoms with Gasteiger partial charge in [0.15, 0.2) is 0 Å². The Morgan fingerprint density at radius 1 is 1.50 bits per heavy atom. The molecular weight excluding hydrogens is 278 g/mol. The van der Waals surface area contributed by atoms with Gasteiger partial charge in [-0.25, -0.2) is 4.79 Å². The number of nitrogens with two attached hydrogens (primary N) is 1. The SMILES string of the molecule is CCCCn1c(N)c(NCc2cncs2)c(=O)[nH]c1=O. The Bertz CT molecular complexity index is 674. The van der Waals surface area contributed by atoms with E-state index in [2.05, 4.69) is 15.3 Å². The van der Waals surface area contributed by atoms with Gasteiger partial charge in [-0.05, 0) is 6.42 Å². The summed E-state index contributed by atoms with van der Waals surface area (Å²) in [5, 5.41) is 2.97. The van der Waals surface area contributed by atoms with Crippen LogP contribution in [-0.2, 0) is 13.1 Å².